The average molecular weight is 382 g/mol. The predicted molar refractivity (Wildman–Crippen MR) is 104 cm³/mol. The molecule has 0 saturated heterocycles. The fraction of sp³-hybridized carbons (Fsp3) is 0.150. The molecule has 2 atom stereocenters. The van der Waals surface area contributed by atoms with Gasteiger partial charge in [-0.1, -0.05) is 18.2 Å². The van der Waals surface area contributed by atoms with E-state index >= 15 is 0 Å². The second kappa shape index (κ2) is 7.32. The lowest BCUT2D eigenvalue weighted by Crippen LogP contribution is -2.11. The summed E-state index contributed by atoms with van der Waals surface area (Å²) in [5.74, 6) is 0.154. The van der Waals surface area contributed by atoms with Crippen LogP contribution in [0.15, 0.2) is 61.2 Å². The van der Waals surface area contributed by atoms with E-state index in [9.17, 15) is 4.39 Å². The summed E-state index contributed by atoms with van der Waals surface area (Å²) in [6.45, 7) is 1.86. The van der Waals surface area contributed by atoms with Gasteiger partial charge in [0.15, 0.2) is 0 Å². The zero-order chi connectivity index (χ0) is 18.8. The SMILES string of the molecule is CC(Nc1ncc(C(Cl)c2c[nH]c3ncccc23)cn1)c1ccccc1F. The van der Waals surface area contributed by atoms with Crippen molar-refractivity contribution in [3.63, 3.8) is 0 Å². The molecular weight excluding hydrogens is 365 g/mol. The summed E-state index contributed by atoms with van der Waals surface area (Å²) in [6, 6.07) is 10.2. The molecule has 27 heavy (non-hydrogen) atoms. The van der Waals surface area contributed by atoms with Crippen LogP contribution >= 0.6 is 11.6 Å². The lowest BCUT2D eigenvalue weighted by molar-refractivity contribution is 0.599. The lowest BCUT2D eigenvalue weighted by atomic mass is 10.1. The topological polar surface area (TPSA) is 66.5 Å². The van der Waals surface area contributed by atoms with Crippen molar-refractivity contribution in [3.8, 4) is 0 Å². The number of hydrogen-bond donors (Lipinski definition) is 2. The van der Waals surface area contributed by atoms with Gasteiger partial charge in [-0.3, -0.25) is 0 Å². The molecule has 136 valence electrons. The number of hydrogen-bond acceptors (Lipinski definition) is 4. The molecule has 3 aromatic heterocycles. The first-order valence-electron chi connectivity index (χ1n) is 8.52. The highest BCUT2D eigenvalue weighted by molar-refractivity contribution is 6.23. The molecule has 0 aliphatic carbocycles. The number of benzene rings is 1. The van der Waals surface area contributed by atoms with Crippen LogP contribution in [0.2, 0.25) is 0 Å². The van der Waals surface area contributed by atoms with E-state index in [0.717, 1.165) is 22.2 Å². The molecule has 0 aliphatic rings. The Balaban J connectivity index is 1.53. The van der Waals surface area contributed by atoms with Crippen LogP contribution in [-0.2, 0) is 0 Å². The van der Waals surface area contributed by atoms with Crippen LogP contribution in [0.3, 0.4) is 0 Å². The summed E-state index contributed by atoms with van der Waals surface area (Å²) in [7, 11) is 0. The Morgan fingerprint density at radius 3 is 2.59 bits per heavy atom. The minimum atomic E-state index is -0.402. The third kappa shape index (κ3) is 3.48. The Morgan fingerprint density at radius 1 is 1.04 bits per heavy atom. The van der Waals surface area contributed by atoms with Gasteiger partial charge in [0.25, 0.3) is 0 Å². The molecule has 5 nitrogen and oxygen atoms in total. The van der Waals surface area contributed by atoms with Crippen molar-refractivity contribution in [1.82, 2.24) is 19.9 Å². The van der Waals surface area contributed by atoms with Gasteiger partial charge in [0.05, 0.1) is 11.4 Å². The maximum atomic E-state index is 13.9. The fourth-order valence-electron chi connectivity index (χ4n) is 3.01. The van der Waals surface area contributed by atoms with Crippen LogP contribution < -0.4 is 5.32 Å². The number of aromatic amines is 1. The van der Waals surface area contributed by atoms with Crippen LogP contribution in [0.5, 0.6) is 0 Å². The van der Waals surface area contributed by atoms with Gasteiger partial charge in [0, 0.05) is 46.9 Å². The molecule has 0 spiro atoms. The maximum absolute atomic E-state index is 13.9. The van der Waals surface area contributed by atoms with Crippen molar-refractivity contribution >= 4 is 28.6 Å². The van der Waals surface area contributed by atoms with Gasteiger partial charge in [0.2, 0.25) is 5.95 Å². The number of nitrogens with one attached hydrogen (secondary N) is 2. The molecule has 0 fully saturated rings. The monoisotopic (exact) mass is 381 g/mol. The van der Waals surface area contributed by atoms with Crippen LogP contribution in [0.25, 0.3) is 11.0 Å². The Hall–Kier alpha value is -2.99. The molecule has 4 rings (SSSR count). The van der Waals surface area contributed by atoms with E-state index in [0.29, 0.717) is 11.5 Å². The quantitative estimate of drug-likeness (QED) is 0.478. The number of alkyl halides is 1. The molecule has 0 saturated carbocycles. The van der Waals surface area contributed by atoms with Gasteiger partial charge < -0.3 is 10.3 Å². The van der Waals surface area contributed by atoms with Crippen LogP contribution in [-0.4, -0.2) is 19.9 Å². The molecule has 0 amide bonds. The van der Waals surface area contributed by atoms with Crippen molar-refractivity contribution in [1.29, 1.82) is 0 Å². The van der Waals surface area contributed by atoms with Crippen molar-refractivity contribution in [2.24, 2.45) is 0 Å². The van der Waals surface area contributed by atoms with E-state index in [2.05, 4.69) is 25.3 Å². The first-order valence-corrected chi connectivity index (χ1v) is 8.96. The van der Waals surface area contributed by atoms with Crippen LogP contribution in [0.1, 0.15) is 35.0 Å². The van der Waals surface area contributed by atoms with Gasteiger partial charge in [-0.2, -0.15) is 0 Å². The highest BCUT2D eigenvalue weighted by Crippen LogP contribution is 2.33. The molecule has 4 aromatic rings. The second-order valence-electron chi connectivity index (χ2n) is 6.23. The zero-order valence-corrected chi connectivity index (χ0v) is 15.3. The summed E-state index contributed by atoms with van der Waals surface area (Å²) in [6.07, 6.45) is 6.93. The second-order valence-corrected chi connectivity index (χ2v) is 6.67. The number of aromatic nitrogens is 4. The van der Waals surface area contributed by atoms with E-state index in [1.807, 2.05) is 25.3 Å². The summed E-state index contributed by atoms with van der Waals surface area (Å²) >= 11 is 6.63. The van der Waals surface area contributed by atoms with E-state index < -0.39 is 5.38 Å². The Labute approximate surface area is 160 Å². The number of nitrogens with zero attached hydrogens (tertiary/aromatic N) is 3. The summed E-state index contributed by atoms with van der Waals surface area (Å²) in [5.41, 5.74) is 3.04. The summed E-state index contributed by atoms with van der Waals surface area (Å²) in [5, 5.41) is 3.67. The van der Waals surface area contributed by atoms with Crippen molar-refractivity contribution in [3.05, 3.63) is 83.7 Å². The molecule has 2 unspecified atom stereocenters. The highest BCUT2D eigenvalue weighted by atomic mass is 35.5. The number of halogens is 2. The average Bonchev–Trinajstić information content (AvgIpc) is 3.12. The Bertz CT molecular complexity index is 1060. The molecule has 0 bridgehead atoms. The Morgan fingerprint density at radius 2 is 1.81 bits per heavy atom. The minimum Gasteiger partial charge on any atom is -0.348 e. The van der Waals surface area contributed by atoms with E-state index in [1.165, 1.54) is 6.07 Å². The zero-order valence-electron chi connectivity index (χ0n) is 14.5. The Kier molecular flexibility index (Phi) is 4.73. The number of pyridine rings is 1. The summed E-state index contributed by atoms with van der Waals surface area (Å²) in [4.78, 5) is 16.0. The van der Waals surface area contributed by atoms with Crippen LogP contribution in [0, 0.1) is 5.82 Å². The molecule has 3 heterocycles. The van der Waals surface area contributed by atoms with E-state index in [1.54, 1.807) is 36.8 Å². The number of anilines is 1. The van der Waals surface area contributed by atoms with E-state index in [-0.39, 0.29) is 11.9 Å². The standard InChI is InChI=1S/C20H17ClFN5/c1-12(14-5-2-3-7-17(14)22)27-20-25-9-13(10-26-20)18(21)16-11-24-19-15(16)6-4-8-23-19/h2-12,18H,1H3,(H,23,24)(H,25,26,27). The minimum absolute atomic E-state index is 0.261. The van der Waals surface area contributed by atoms with Gasteiger partial charge >= 0.3 is 0 Å². The molecular formula is C20H17ClFN5. The molecule has 0 aliphatic heterocycles. The van der Waals surface area contributed by atoms with Crippen molar-refractivity contribution < 1.29 is 4.39 Å². The maximum Gasteiger partial charge on any atom is 0.223 e. The molecule has 7 heteroatoms. The molecule has 1 aromatic carbocycles. The van der Waals surface area contributed by atoms with Gasteiger partial charge in [0.1, 0.15) is 11.5 Å². The molecule has 2 N–H and O–H groups in total. The number of H-pyrrole nitrogens is 1. The smallest absolute Gasteiger partial charge is 0.223 e. The van der Waals surface area contributed by atoms with E-state index in [4.69, 9.17) is 11.6 Å². The number of rotatable bonds is 5. The molecule has 0 radical (unpaired) electrons. The third-order valence-corrected chi connectivity index (χ3v) is 4.93. The van der Waals surface area contributed by atoms with Gasteiger partial charge in [-0.05, 0) is 25.1 Å². The third-order valence-electron chi connectivity index (χ3n) is 4.44. The summed E-state index contributed by atoms with van der Waals surface area (Å²) < 4.78 is 13.9. The number of fused-ring (bicyclic) bond motifs is 1. The van der Waals surface area contributed by atoms with Gasteiger partial charge in [-0.25, -0.2) is 19.3 Å². The lowest BCUT2D eigenvalue weighted by Gasteiger charge is -2.15. The highest BCUT2D eigenvalue weighted by Gasteiger charge is 2.17. The fourth-order valence-corrected chi connectivity index (χ4v) is 3.30. The van der Waals surface area contributed by atoms with Crippen molar-refractivity contribution in [2.45, 2.75) is 18.3 Å². The normalized spacial score (nSPS) is 13.4. The first-order chi connectivity index (χ1) is 13.1. The predicted octanol–water partition coefficient (Wildman–Crippen LogP) is 4.99. The largest absolute Gasteiger partial charge is 0.348 e. The van der Waals surface area contributed by atoms with Gasteiger partial charge in [-0.15, -0.1) is 11.6 Å². The first kappa shape index (κ1) is 17.4. The van der Waals surface area contributed by atoms with Crippen LogP contribution in [0.4, 0.5) is 10.3 Å². The van der Waals surface area contributed by atoms with Crippen molar-refractivity contribution in [2.75, 3.05) is 5.32 Å².